The standard InChI is InChI=1S/C22H16F3NO3/c1-28-21(27)18-12-20-17(26(18)13-14-6-3-2-4-7-14)11-19(29-20)15-8-5-9-16(10-15)22(23,24)25/h2-12H,13H2,1H3. The van der Waals surface area contributed by atoms with E-state index in [0.717, 1.165) is 17.7 Å². The van der Waals surface area contributed by atoms with Crippen molar-refractivity contribution in [3.05, 3.63) is 83.6 Å². The SMILES string of the molecule is COC(=O)c1cc2oc(-c3cccc(C(F)(F)F)c3)cc2n1Cc1ccccc1. The Morgan fingerprint density at radius 2 is 1.79 bits per heavy atom. The van der Waals surface area contributed by atoms with Crippen LogP contribution in [-0.2, 0) is 17.5 Å². The molecule has 2 aromatic heterocycles. The number of benzene rings is 2. The second-order valence-corrected chi connectivity index (χ2v) is 6.53. The topological polar surface area (TPSA) is 44.4 Å². The van der Waals surface area contributed by atoms with Crippen molar-refractivity contribution in [3.63, 3.8) is 0 Å². The van der Waals surface area contributed by atoms with Crippen LogP contribution in [0.3, 0.4) is 0 Å². The highest BCUT2D eigenvalue weighted by molar-refractivity contribution is 5.95. The highest BCUT2D eigenvalue weighted by atomic mass is 19.4. The van der Waals surface area contributed by atoms with E-state index in [1.54, 1.807) is 22.8 Å². The van der Waals surface area contributed by atoms with Gasteiger partial charge in [-0.15, -0.1) is 0 Å². The summed E-state index contributed by atoms with van der Waals surface area (Å²) in [6.45, 7) is 0.385. The Balaban J connectivity index is 1.81. The lowest BCUT2D eigenvalue weighted by Crippen LogP contribution is -2.11. The van der Waals surface area contributed by atoms with Gasteiger partial charge in [-0.1, -0.05) is 42.5 Å². The second kappa shape index (κ2) is 7.16. The van der Waals surface area contributed by atoms with E-state index in [2.05, 4.69) is 0 Å². The van der Waals surface area contributed by atoms with Crippen molar-refractivity contribution in [3.8, 4) is 11.3 Å². The predicted octanol–water partition coefficient (Wildman–Crippen LogP) is 5.76. The monoisotopic (exact) mass is 399 g/mol. The lowest BCUT2D eigenvalue weighted by Gasteiger charge is -2.09. The third-order valence-corrected chi connectivity index (χ3v) is 4.64. The van der Waals surface area contributed by atoms with Gasteiger partial charge in [0, 0.05) is 24.2 Å². The maximum Gasteiger partial charge on any atom is 0.416 e. The molecule has 0 spiro atoms. The minimum atomic E-state index is -4.44. The van der Waals surface area contributed by atoms with Crippen molar-refractivity contribution in [2.45, 2.75) is 12.7 Å². The molecule has 7 heteroatoms. The fourth-order valence-electron chi connectivity index (χ4n) is 3.24. The van der Waals surface area contributed by atoms with Gasteiger partial charge in [0.2, 0.25) is 0 Å². The van der Waals surface area contributed by atoms with Crippen LogP contribution in [0.25, 0.3) is 22.4 Å². The Bertz CT molecular complexity index is 1170. The molecule has 29 heavy (non-hydrogen) atoms. The highest BCUT2D eigenvalue weighted by Gasteiger charge is 2.31. The summed E-state index contributed by atoms with van der Waals surface area (Å²) in [5.41, 5.74) is 1.81. The van der Waals surface area contributed by atoms with Gasteiger partial charge < -0.3 is 13.7 Å². The molecule has 0 aliphatic heterocycles. The number of carbonyl (C=O) groups is 1. The minimum Gasteiger partial charge on any atom is -0.464 e. The molecule has 0 saturated heterocycles. The number of hydrogen-bond donors (Lipinski definition) is 0. The van der Waals surface area contributed by atoms with Crippen LogP contribution in [0.15, 0.2) is 71.1 Å². The van der Waals surface area contributed by atoms with Crippen LogP contribution in [0, 0.1) is 0 Å². The van der Waals surface area contributed by atoms with Crippen LogP contribution in [0.4, 0.5) is 13.2 Å². The number of alkyl halides is 3. The van der Waals surface area contributed by atoms with E-state index in [0.29, 0.717) is 34.7 Å². The number of rotatable bonds is 4. The smallest absolute Gasteiger partial charge is 0.416 e. The molecule has 4 rings (SSSR count). The quantitative estimate of drug-likeness (QED) is 0.410. The summed E-state index contributed by atoms with van der Waals surface area (Å²) >= 11 is 0. The Morgan fingerprint density at radius 3 is 2.48 bits per heavy atom. The van der Waals surface area contributed by atoms with Gasteiger partial charge in [0.15, 0.2) is 5.58 Å². The molecule has 0 N–H and O–H groups in total. The number of carbonyl (C=O) groups excluding carboxylic acids is 1. The molecule has 2 aromatic carbocycles. The van der Waals surface area contributed by atoms with Crippen molar-refractivity contribution in [1.82, 2.24) is 4.57 Å². The van der Waals surface area contributed by atoms with Gasteiger partial charge in [-0.3, -0.25) is 0 Å². The predicted molar refractivity (Wildman–Crippen MR) is 102 cm³/mol. The Morgan fingerprint density at radius 1 is 1.03 bits per heavy atom. The zero-order valence-electron chi connectivity index (χ0n) is 15.4. The first kappa shape index (κ1) is 18.9. The largest absolute Gasteiger partial charge is 0.464 e. The molecule has 0 unspecified atom stereocenters. The number of aromatic nitrogens is 1. The molecule has 0 aliphatic carbocycles. The van der Waals surface area contributed by atoms with Crippen LogP contribution in [0.2, 0.25) is 0 Å². The number of halogens is 3. The first-order chi connectivity index (χ1) is 13.9. The lowest BCUT2D eigenvalue weighted by molar-refractivity contribution is -0.137. The number of ether oxygens (including phenoxy) is 1. The summed E-state index contributed by atoms with van der Waals surface area (Å²) in [5.74, 6) is -0.229. The molecule has 0 aliphatic rings. The van der Waals surface area contributed by atoms with Crippen LogP contribution >= 0.6 is 0 Å². The third-order valence-electron chi connectivity index (χ3n) is 4.64. The molecular formula is C22H16F3NO3. The summed E-state index contributed by atoms with van der Waals surface area (Å²) < 4.78 is 51.5. The molecule has 0 atom stereocenters. The summed E-state index contributed by atoms with van der Waals surface area (Å²) in [6.07, 6.45) is -4.44. The van der Waals surface area contributed by atoms with E-state index in [-0.39, 0.29) is 0 Å². The molecular weight excluding hydrogens is 383 g/mol. The van der Waals surface area contributed by atoms with Gasteiger partial charge in [0.05, 0.1) is 18.2 Å². The summed E-state index contributed by atoms with van der Waals surface area (Å²) in [5, 5.41) is 0. The first-order valence-corrected chi connectivity index (χ1v) is 8.80. The van der Waals surface area contributed by atoms with E-state index in [4.69, 9.17) is 9.15 Å². The van der Waals surface area contributed by atoms with Crippen LogP contribution in [0.5, 0.6) is 0 Å². The number of fused-ring (bicyclic) bond motifs is 1. The van der Waals surface area contributed by atoms with E-state index >= 15 is 0 Å². The second-order valence-electron chi connectivity index (χ2n) is 6.53. The lowest BCUT2D eigenvalue weighted by atomic mass is 10.1. The zero-order chi connectivity index (χ0) is 20.6. The van der Waals surface area contributed by atoms with Gasteiger partial charge >= 0.3 is 12.1 Å². The summed E-state index contributed by atoms with van der Waals surface area (Å²) in [4.78, 5) is 12.2. The molecule has 2 heterocycles. The molecule has 148 valence electrons. The molecule has 4 nitrogen and oxygen atoms in total. The maximum absolute atomic E-state index is 13.0. The van der Waals surface area contributed by atoms with Gasteiger partial charge in [-0.2, -0.15) is 13.2 Å². The van der Waals surface area contributed by atoms with Crippen molar-refractivity contribution in [1.29, 1.82) is 0 Å². The molecule has 0 radical (unpaired) electrons. The average Bonchev–Trinajstić information content (AvgIpc) is 3.27. The Labute approximate surface area is 164 Å². The van der Waals surface area contributed by atoms with Crippen LogP contribution < -0.4 is 0 Å². The van der Waals surface area contributed by atoms with E-state index < -0.39 is 17.7 Å². The van der Waals surface area contributed by atoms with Crippen molar-refractivity contribution in [2.75, 3.05) is 7.11 Å². The number of nitrogens with zero attached hydrogens (tertiary/aromatic N) is 1. The fraction of sp³-hybridized carbons (Fsp3) is 0.136. The number of methoxy groups -OCH3 is 1. The summed E-state index contributed by atoms with van der Waals surface area (Å²) in [6, 6.07) is 17.6. The number of furan rings is 1. The van der Waals surface area contributed by atoms with Crippen molar-refractivity contribution in [2.24, 2.45) is 0 Å². The van der Waals surface area contributed by atoms with Gasteiger partial charge in [-0.25, -0.2) is 4.79 Å². The van der Waals surface area contributed by atoms with E-state index in [1.165, 1.54) is 13.2 Å². The fourth-order valence-corrected chi connectivity index (χ4v) is 3.24. The Hall–Kier alpha value is -3.48. The summed E-state index contributed by atoms with van der Waals surface area (Å²) in [7, 11) is 1.29. The molecule has 0 fully saturated rings. The van der Waals surface area contributed by atoms with Gasteiger partial charge in [0.25, 0.3) is 0 Å². The molecule has 0 amide bonds. The van der Waals surface area contributed by atoms with Crippen molar-refractivity contribution >= 4 is 17.1 Å². The molecule has 4 aromatic rings. The number of hydrogen-bond acceptors (Lipinski definition) is 3. The van der Waals surface area contributed by atoms with E-state index in [1.807, 2.05) is 30.3 Å². The first-order valence-electron chi connectivity index (χ1n) is 8.80. The molecule has 0 bridgehead atoms. The average molecular weight is 399 g/mol. The van der Waals surface area contributed by atoms with Gasteiger partial charge in [-0.05, 0) is 17.7 Å². The number of esters is 1. The Kier molecular flexibility index (Phi) is 4.66. The third kappa shape index (κ3) is 3.63. The van der Waals surface area contributed by atoms with Crippen molar-refractivity contribution < 1.29 is 27.1 Å². The minimum absolute atomic E-state index is 0.291. The maximum atomic E-state index is 13.0. The molecule has 0 saturated carbocycles. The van der Waals surface area contributed by atoms with Crippen LogP contribution in [-0.4, -0.2) is 17.6 Å². The van der Waals surface area contributed by atoms with E-state index in [9.17, 15) is 18.0 Å². The highest BCUT2D eigenvalue weighted by Crippen LogP contribution is 2.35. The zero-order valence-corrected chi connectivity index (χ0v) is 15.4. The normalized spacial score (nSPS) is 11.7. The van der Waals surface area contributed by atoms with Gasteiger partial charge in [0.1, 0.15) is 11.5 Å². The van der Waals surface area contributed by atoms with Crippen LogP contribution in [0.1, 0.15) is 21.6 Å².